The summed E-state index contributed by atoms with van der Waals surface area (Å²) in [5.41, 5.74) is -1.67. The summed E-state index contributed by atoms with van der Waals surface area (Å²) >= 11 is 0. The van der Waals surface area contributed by atoms with Crippen molar-refractivity contribution < 1.29 is 9.47 Å². The van der Waals surface area contributed by atoms with Crippen molar-refractivity contribution in [2.45, 2.75) is 38.8 Å². The second-order valence-electron chi connectivity index (χ2n) is 4.38. The molecule has 16 heavy (non-hydrogen) atoms. The Morgan fingerprint density at radius 3 is 1.25 bits per heavy atom. The molecule has 0 spiro atoms. The van der Waals surface area contributed by atoms with Crippen LogP contribution in [-0.4, -0.2) is 37.1 Å². The second kappa shape index (κ2) is 5.05. The van der Waals surface area contributed by atoms with Gasteiger partial charge in [-0.3, -0.25) is 10.8 Å². The van der Waals surface area contributed by atoms with Gasteiger partial charge < -0.3 is 9.47 Å². The van der Waals surface area contributed by atoms with Crippen molar-refractivity contribution in [1.29, 1.82) is 10.8 Å². The van der Waals surface area contributed by atoms with E-state index in [1.807, 2.05) is 0 Å². The first-order valence-corrected chi connectivity index (χ1v) is 4.87. The molecule has 2 N–H and O–H groups in total. The van der Waals surface area contributed by atoms with Crippen LogP contribution < -0.4 is 0 Å². The SMILES string of the molecule is COC(=N)C(C)(C)N=NC(C)(C)C(=N)OC. The predicted molar refractivity (Wildman–Crippen MR) is 62.5 cm³/mol. The van der Waals surface area contributed by atoms with Crippen LogP contribution in [0, 0.1) is 10.8 Å². The smallest absolute Gasteiger partial charge is 0.210 e. The Morgan fingerprint density at radius 2 is 1.06 bits per heavy atom. The normalized spacial score (nSPS) is 12.6. The van der Waals surface area contributed by atoms with Crippen molar-refractivity contribution in [2.24, 2.45) is 10.2 Å². The highest BCUT2D eigenvalue weighted by atomic mass is 16.5. The van der Waals surface area contributed by atoms with Crippen LogP contribution in [0.25, 0.3) is 0 Å². The number of nitrogens with zero attached hydrogens (tertiary/aromatic N) is 2. The number of hydrogen-bond donors (Lipinski definition) is 2. The molecular formula is C10H20N4O2. The Bertz CT molecular complexity index is 278. The Morgan fingerprint density at radius 1 is 0.812 bits per heavy atom. The molecule has 0 heterocycles. The zero-order chi connectivity index (χ0) is 13.0. The van der Waals surface area contributed by atoms with Gasteiger partial charge in [0.05, 0.1) is 14.2 Å². The van der Waals surface area contributed by atoms with E-state index in [2.05, 4.69) is 10.2 Å². The highest BCUT2D eigenvalue weighted by Crippen LogP contribution is 2.18. The van der Waals surface area contributed by atoms with Crippen LogP contribution in [0.1, 0.15) is 27.7 Å². The third-order valence-electron chi connectivity index (χ3n) is 2.07. The topological polar surface area (TPSA) is 90.9 Å². The van der Waals surface area contributed by atoms with Gasteiger partial charge in [0.25, 0.3) is 0 Å². The summed E-state index contributed by atoms with van der Waals surface area (Å²) in [6.07, 6.45) is 0. The summed E-state index contributed by atoms with van der Waals surface area (Å²) in [4.78, 5) is 0. The minimum absolute atomic E-state index is 0.0241. The van der Waals surface area contributed by atoms with Crippen LogP contribution in [0.3, 0.4) is 0 Å². The third-order valence-corrected chi connectivity index (χ3v) is 2.07. The molecule has 6 nitrogen and oxygen atoms in total. The van der Waals surface area contributed by atoms with Gasteiger partial charge in [-0.1, -0.05) is 0 Å². The number of hydrogen-bond acceptors (Lipinski definition) is 6. The van der Waals surface area contributed by atoms with Crippen molar-refractivity contribution >= 4 is 11.8 Å². The zero-order valence-corrected chi connectivity index (χ0v) is 10.7. The first-order chi connectivity index (χ1) is 7.17. The monoisotopic (exact) mass is 228 g/mol. The molecule has 0 fully saturated rings. The van der Waals surface area contributed by atoms with Gasteiger partial charge in [0.2, 0.25) is 11.8 Å². The minimum atomic E-state index is -0.833. The highest BCUT2D eigenvalue weighted by Gasteiger charge is 2.29. The average molecular weight is 228 g/mol. The van der Waals surface area contributed by atoms with Gasteiger partial charge in [0.1, 0.15) is 0 Å². The highest BCUT2D eigenvalue weighted by molar-refractivity contribution is 5.83. The molecule has 0 saturated heterocycles. The molecule has 0 rings (SSSR count). The molecule has 0 radical (unpaired) electrons. The lowest BCUT2D eigenvalue weighted by molar-refractivity contribution is 0.337. The first kappa shape index (κ1) is 14.5. The van der Waals surface area contributed by atoms with Gasteiger partial charge >= 0.3 is 0 Å². The maximum absolute atomic E-state index is 7.54. The number of nitrogens with one attached hydrogen (secondary N) is 2. The molecule has 0 aliphatic rings. The van der Waals surface area contributed by atoms with E-state index in [1.54, 1.807) is 27.7 Å². The van der Waals surface area contributed by atoms with Gasteiger partial charge in [-0.15, -0.1) is 0 Å². The molecule has 0 aliphatic heterocycles. The molecule has 0 aromatic rings. The van der Waals surface area contributed by atoms with E-state index < -0.39 is 11.1 Å². The molecule has 6 heteroatoms. The van der Waals surface area contributed by atoms with E-state index in [0.29, 0.717) is 0 Å². The van der Waals surface area contributed by atoms with Crippen molar-refractivity contribution in [1.82, 2.24) is 0 Å². The summed E-state index contributed by atoms with van der Waals surface area (Å²) in [5, 5.41) is 23.1. The molecule has 0 aromatic heterocycles. The van der Waals surface area contributed by atoms with Crippen LogP contribution in [0.4, 0.5) is 0 Å². The zero-order valence-electron chi connectivity index (χ0n) is 10.7. The maximum atomic E-state index is 7.54. The van der Waals surface area contributed by atoms with Gasteiger partial charge in [0, 0.05) is 0 Å². The fourth-order valence-corrected chi connectivity index (χ4v) is 0.840. The second-order valence-corrected chi connectivity index (χ2v) is 4.38. The molecule has 92 valence electrons. The van der Waals surface area contributed by atoms with Crippen LogP contribution >= 0.6 is 0 Å². The third kappa shape index (κ3) is 3.60. The quantitative estimate of drug-likeness (QED) is 0.439. The number of methoxy groups -OCH3 is 2. The van der Waals surface area contributed by atoms with E-state index in [9.17, 15) is 0 Å². The summed E-state index contributed by atoms with van der Waals surface area (Å²) < 4.78 is 9.62. The molecule has 0 aliphatic carbocycles. The molecule has 0 bridgehead atoms. The fraction of sp³-hybridized carbons (Fsp3) is 0.800. The van der Waals surface area contributed by atoms with Crippen LogP contribution in [-0.2, 0) is 9.47 Å². The van der Waals surface area contributed by atoms with Gasteiger partial charge in [0.15, 0.2) is 11.1 Å². The minimum Gasteiger partial charge on any atom is -0.483 e. The summed E-state index contributed by atoms with van der Waals surface area (Å²) in [7, 11) is 2.84. The Hall–Kier alpha value is -1.46. The van der Waals surface area contributed by atoms with E-state index in [-0.39, 0.29) is 11.8 Å². The predicted octanol–water partition coefficient (Wildman–Crippen LogP) is 2.24. The largest absolute Gasteiger partial charge is 0.483 e. The van der Waals surface area contributed by atoms with E-state index in [1.165, 1.54) is 14.2 Å². The van der Waals surface area contributed by atoms with E-state index >= 15 is 0 Å². The average Bonchev–Trinajstić information content (AvgIpc) is 2.24. The fourth-order valence-electron chi connectivity index (χ4n) is 0.840. The summed E-state index contributed by atoms with van der Waals surface area (Å²) in [6, 6.07) is 0. The lowest BCUT2D eigenvalue weighted by Crippen LogP contribution is -2.33. The Kier molecular flexibility index (Phi) is 4.59. The number of azo groups is 1. The van der Waals surface area contributed by atoms with Crippen molar-refractivity contribution in [3.8, 4) is 0 Å². The molecule has 0 amide bonds. The van der Waals surface area contributed by atoms with Gasteiger partial charge in [-0.05, 0) is 27.7 Å². The molecular weight excluding hydrogens is 208 g/mol. The Labute approximate surface area is 96.1 Å². The van der Waals surface area contributed by atoms with Crippen molar-refractivity contribution in [3.63, 3.8) is 0 Å². The molecule has 0 atom stereocenters. The van der Waals surface area contributed by atoms with Crippen molar-refractivity contribution in [2.75, 3.05) is 14.2 Å². The maximum Gasteiger partial charge on any atom is 0.210 e. The van der Waals surface area contributed by atoms with E-state index in [0.717, 1.165) is 0 Å². The lowest BCUT2D eigenvalue weighted by atomic mass is 10.1. The van der Waals surface area contributed by atoms with E-state index in [4.69, 9.17) is 20.3 Å². The lowest BCUT2D eigenvalue weighted by Gasteiger charge is -2.22. The van der Waals surface area contributed by atoms with Crippen LogP contribution in [0.2, 0.25) is 0 Å². The van der Waals surface area contributed by atoms with Crippen LogP contribution in [0.5, 0.6) is 0 Å². The standard InChI is InChI=1S/C10H20N4O2/c1-9(2,7(11)15-5)13-14-10(3,4)8(12)16-6/h11-12H,1-6H3. The number of rotatable bonds is 4. The van der Waals surface area contributed by atoms with Gasteiger partial charge in [-0.2, -0.15) is 10.2 Å². The summed E-state index contributed by atoms with van der Waals surface area (Å²) in [5.74, 6) is 0.0481. The molecule has 0 unspecified atom stereocenters. The van der Waals surface area contributed by atoms with Crippen molar-refractivity contribution in [3.05, 3.63) is 0 Å². The van der Waals surface area contributed by atoms with Gasteiger partial charge in [-0.25, -0.2) is 0 Å². The first-order valence-electron chi connectivity index (χ1n) is 4.87. The summed E-state index contributed by atoms with van der Waals surface area (Å²) in [6.45, 7) is 6.87. The number of ether oxygens (including phenoxy) is 2. The van der Waals surface area contributed by atoms with Crippen LogP contribution in [0.15, 0.2) is 10.2 Å². The Balaban J connectivity index is 4.84. The molecule has 0 saturated carbocycles. The molecule has 0 aromatic carbocycles.